The maximum Gasteiger partial charge on any atom is 0.209 e. The molecule has 2 aromatic rings. The number of para-hydroxylation sites is 1. The molecule has 1 N–H and O–H groups in total. The number of aromatic hydroxyl groups is 1. The Kier molecular flexibility index (Phi) is 5.44. The van der Waals surface area contributed by atoms with Crippen LogP contribution in [0, 0.1) is 0 Å². The largest absolute Gasteiger partial charge is 0.508 e. The molecule has 0 bridgehead atoms. The molecule has 3 nitrogen and oxygen atoms in total. The average molecular weight is 337 g/mol. The Balaban J connectivity index is 2.28. The van der Waals surface area contributed by atoms with Crippen LogP contribution in [-0.4, -0.2) is 23.3 Å². The van der Waals surface area contributed by atoms with Crippen molar-refractivity contribution in [2.24, 2.45) is 0 Å². The van der Waals surface area contributed by atoms with E-state index in [-0.39, 0.29) is 12.0 Å². The van der Waals surface area contributed by atoms with Gasteiger partial charge in [0.15, 0.2) is 0 Å². The molecule has 0 spiro atoms. The topological polar surface area (TPSA) is 38.7 Å². The summed E-state index contributed by atoms with van der Waals surface area (Å²) in [5.41, 5.74) is 1.96. The Bertz CT molecular complexity index is 540. The molecule has 0 saturated heterocycles. The van der Waals surface area contributed by atoms with Crippen molar-refractivity contribution in [2.75, 3.05) is 11.9 Å². The SMILES string of the molecule is CCOC(CBr)Oc1ccccc1-c1ccc(O)cc1. The number of halogens is 1. The van der Waals surface area contributed by atoms with Crippen molar-refractivity contribution in [3.63, 3.8) is 0 Å². The second-order valence-corrected chi connectivity index (χ2v) is 4.85. The standard InChI is InChI=1S/C16H17BrO3/c1-2-19-16(11-17)20-15-6-4-3-5-14(15)12-7-9-13(18)10-8-12/h3-10,16,18H,2,11H2,1H3. The maximum absolute atomic E-state index is 9.37. The lowest BCUT2D eigenvalue weighted by atomic mass is 10.0. The Morgan fingerprint density at radius 2 is 1.80 bits per heavy atom. The van der Waals surface area contributed by atoms with E-state index in [0.29, 0.717) is 11.9 Å². The van der Waals surface area contributed by atoms with Crippen molar-refractivity contribution in [1.29, 1.82) is 0 Å². The quantitative estimate of drug-likeness (QED) is 0.634. The highest BCUT2D eigenvalue weighted by Gasteiger charge is 2.12. The molecule has 0 aliphatic heterocycles. The van der Waals surface area contributed by atoms with Gasteiger partial charge in [0.1, 0.15) is 11.5 Å². The van der Waals surface area contributed by atoms with E-state index in [9.17, 15) is 5.11 Å². The van der Waals surface area contributed by atoms with Crippen LogP contribution in [0.4, 0.5) is 0 Å². The zero-order valence-corrected chi connectivity index (χ0v) is 12.8. The van der Waals surface area contributed by atoms with E-state index in [0.717, 1.165) is 16.9 Å². The van der Waals surface area contributed by atoms with Crippen molar-refractivity contribution in [3.8, 4) is 22.6 Å². The van der Waals surface area contributed by atoms with Gasteiger partial charge in [0, 0.05) is 12.2 Å². The van der Waals surface area contributed by atoms with Gasteiger partial charge in [-0.25, -0.2) is 0 Å². The minimum atomic E-state index is -0.321. The van der Waals surface area contributed by atoms with Crippen LogP contribution in [0.1, 0.15) is 6.92 Å². The fourth-order valence-corrected chi connectivity index (χ4v) is 2.21. The molecule has 106 valence electrons. The molecule has 1 atom stereocenters. The molecule has 1 unspecified atom stereocenters. The Morgan fingerprint density at radius 1 is 1.10 bits per heavy atom. The first-order valence-electron chi connectivity index (χ1n) is 6.47. The van der Waals surface area contributed by atoms with Gasteiger partial charge in [0.25, 0.3) is 0 Å². The molecule has 20 heavy (non-hydrogen) atoms. The smallest absolute Gasteiger partial charge is 0.209 e. The molecule has 0 fully saturated rings. The van der Waals surface area contributed by atoms with Crippen LogP contribution in [0.2, 0.25) is 0 Å². The number of phenolic OH excluding ortho intramolecular Hbond substituents is 1. The van der Waals surface area contributed by atoms with Gasteiger partial charge in [-0.2, -0.15) is 0 Å². The van der Waals surface area contributed by atoms with E-state index < -0.39 is 0 Å². The minimum Gasteiger partial charge on any atom is -0.508 e. The summed E-state index contributed by atoms with van der Waals surface area (Å²) in [6.45, 7) is 2.53. The van der Waals surface area contributed by atoms with Crippen molar-refractivity contribution in [1.82, 2.24) is 0 Å². The summed E-state index contributed by atoms with van der Waals surface area (Å²) in [4.78, 5) is 0. The second-order valence-electron chi connectivity index (χ2n) is 4.20. The van der Waals surface area contributed by atoms with Crippen LogP contribution in [0.3, 0.4) is 0 Å². The van der Waals surface area contributed by atoms with E-state index >= 15 is 0 Å². The maximum atomic E-state index is 9.37. The molecular formula is C16H17BrO3. The van der Waals surface area contributed by atoms with Crippen LogP contribution in [-0.2, 0) is 4.74 Å². The minimum absolute atomic E-state index is 0.250. The van der Waals surface area contributed by atoms with Crippen molar-refractivity contribution < 1.29 is 14.6 Å². The number of hydrogen-bond donors (Lipinski definition) is 1. The lowest BCUT2D eigenvalue weighted by Crippen LogP contribution is -2.22. The summed E-state index contributed by atoms with van der Waals surface area (Å²) in [6.07, 6.45) is -0.321. The molecule has 2 aromatic carbocycles. The van der Waals surface area contributed by atoms with Crippen LogP contribution < -0.4 is 4.74 Å². The average Bonchev–Trinajstić information content (AvgIpc) is 2.48. The van der Waals surface area contributed by atoms with Crippen LogP contribution in [0.25, 0.3) is 11.1 Å². The van der Waals surface area contributed by atoms with Crippen LogP contribution in [0.5, 0.6) is 11.5 Å². The zero-order chi connectivity index (χ0) is 14.4. The fraction of sp³-hybridized carbons (Fsp3) is 0.250. The number of hydrogen-bond acceptors (Lipinski definition) is 3. The second kappa shape index (κ2) is 7.31. The van der Waals surface area contributed by atoms with E-state index in [1.54, 1.807) is 12.1 Å². The van der Waals surface area contributed by atoms with Gasteiger partial charge in [-0.05, 0) is 30.7 Å². The summed E-state index contributed by atoms with van der Waals surface area (Å²) >= 11 is 3.38. The Morgan fingerprint density at radius 3 is 2.45 bits per heavy atom. The lowest BCUT2D eigenvalue weighted by molar-refractivity contribution is -0.0566. The van der Waals surface area contributed by atoms with Gasteiger partial charge >= 0.3 is 0 Å². The molecule has 0 radical (unpaired) electrons. The number of benzene rings is 2. The first-order valence-corrected chi connectivity index (χ1v) is 7.59. The predicted molar refractivity (Wildman–Crippen MR) is 83.4 cm³/mol. The predicted octanol–water partition coefficient (Wildman–Crippen LogP) is 4.20. The molecule has 0 aliphatic rings. The van der Waals surface area contributed by atoms with Crippen molar-refractivity contribution >= 4 is 15.9 Å². The Hall–Kier alpha value is -1.52. The fourth-order valence-electron chi connectivity index (χ4n) is 1.89. The van der Waals surface area contributed by atoms with Crippen molar-refractivity contribution in [3.05, 3.63) is 48.5 Å². The van der Waals surface area contributed by atoms with Gasteiger partial charge in [-0.15, -0.1) is 0 Å². The van der Waals surface area contributed by atoms with Crippen molar-refractivity contribution in [2.45, 2.75) is 13.2 Å². The van der Waals surface area contributed by atoms with Gasteiger partial charge < -0.3 is 14.6 Å². The number of rotatable bonds is 6. The van der Waals surface area contributed by atoms with Crippen LogP contribution >= 0.6 is 15.9 Å². The number of ether oxygens (including phenoxy) is 2. The van der Waals surface area contributed by atoms with E-state index in [2.05, 4.69) is 15.9 Å². The normalized spacial score (nSPS) is 12.1. The molecule has 4 heteroatoms. The first kappa shape index (κ1) is 14.9. The summed E-state index contributed by atoms with van der Waals surface area (Å²) in [7, 11) is 0. The molecule has 0 aliphatic carbocycles. The first-order chi connectivity index (χ1) is 9.74. The van der Waals surface area contributed by atoms with Gasteiger partial charge in [-0.3, -0.25) is 0 Å². The number of phenols is 1. The highest BCUT2D eigenvalue weighted by molar-refractivity contribution is 9.09. The summed E-state index contributed by atoms with van der Waals surface area (Å²) in [6, 6.07) is 14.8. The van der Waals surface area contributed by atoms with Gasteiger partial charge in [-0.1, -0.05) is 46.3 Å². The zero-order valence-electron chi connectivity index (χ0n) is 11.3. The Labute approximate surface area is 127 Å². The summed E-state index contributed by atoms with van der Waals surface area (Å²) < 4.78 is 11.4. The highest BCUT2D eigenvalue weighted by Crippen LogP contribution is 2.31. The third-order valence-electron chi connectivity index (χ3n) is 2.80. The van der Waals surface area contributed by atoms with Gasteiger partial charge in [0.2, 0.25) is 6.29 Å². The summed E-state index contributed by atoms with van der Waals surface area (Å²) in [5.74, 6) is 1.01. The monoisotopic (exact) mass is 336 g/mol. The summed E-state index contributed by atoms with van der Waals surface area (Å²) in [5, 5.41) is 9.97. The third-order valence-corrected chi connectivity index (χ3v) is 3.33. The number of alkyl halides is 1. The van der Waals surface area contributed by atoms with E-state index in [1.165, 1.54) is 0 Å². The highest BCUT2D eigenvalue weighted by atomic mass is 79.9. The third kappa shape index (κ3) is 3.74. The van der Waals surface area contributed by atoms with Crippen LogP contribution in [0.15, 0.2) is 48.5 Å². The van der Waals surface area contributed by atoms with E-state index in [1.807, 2.05) is 43.3 Å². The molecule has 0 saturated carbocycles. The molecule has 0 amide bonds. The lowest BCUT2D eigenvalue weighted by Gasteiger charge is -2.19. The molecular weight excluding hydrogens is 320 g/mol. The molecule has 2 rings (SSSR count). The molecule has 0 aromatic heterocycles. The van der Waals surface area contributed by atoms with Gasteiger partial charge in [0.05, 0.1) is 5.33 Å². The van der Waals surface area contributed by atoms with E-state index in [4.69, 9.17) is 9.47 Å². The molecule has 0 heterocycles.